The van der Waals surface area contributed by atoms with Crippen LogP contribution in [-0.2, 0) is 5.11 Å². The molecule has 83 valence electrons. The van der Waals surface area contributed by atoms with Crippen LogP contribution in [0.25, 0.3) is 0 Å². The Hall–Kier alpha value is -0.300. The van der Waals surface area contributed by atoms with Gasteiger partial charge in [0.2, 0.25) is 0 Å². The zero-order valence-corrected chi connectivity index (χ0v) is 9.63. The highest BCUT2D eigenvalue weighted by Crippen LogP contribution is 2.16. The number of unbranched alkanes of at least 4 members (excludes halogenated alkanes) is 4. The van der Waals surface area contributed by atoms with Crippen LogP contribution in [0.15, 0.2) is 12.7 Å². The largest absolute Gasteiger partial charge is 0.237 e. The summed E-state index contributed by atoms with van der Waals surface area (Å²) < 4.78 is 0. The molecule has 0 aromatic rings. The third-order valence-electron chi connectivity index (χ3n) is 2.70. The molecule has 0 aliphatic heterocycles. The molecule has 1 unspecified atom stereocenters. The topological polar surface area (TPSA) is 19.9 Å². The van der Waals surface area contributed by atoms with Crippen LogP contribution >= 0.6 is 0 Å². The van der Waals surface area contributed by atoms with Crippen molar-refractivity contribution in [3.05, 3.63) is 12.7 Å². The van der Waals surface area contributed by atoms with E-state index in [9.17, 15) is 5.11 Å². The van der Waals surface area contributed by atoms with Gasteiger partial charge >= 0.3 is 0 Å². The van der Waals surface area contributed by atoms with Crippen LogP contribution in [0.5, 0.6) is 0 Å². The van der Waals surface area contributed by atoms with Crippen LogP contribution in [-0.4, -0.2) is 6.61 Å². The number of rotatable bonds is 10. The molecule has 0 aliphatic carbocycles. The van der Waals surface area contributed by atoms with E-state index < -0.39 is 0 Å². The number of hydrogen-bond donors (Lipinski definition) is 0. The Kier molecular flexibility index (Phi) is 10.5. The van der Waals surface area contributed by atoms with Crippen LogP contribution in [0.2, 0.25) is 0 Å². The lowest BCUT2D eigenvalue weighted by molar-refractivity contribution is 0.185. The molecule has 0 bridgehead atoms. The lowest BCUT2D eigenvalue weighted by Gasteiger charge is -2.09. The molecule has 1 radical (unpaired) electrons. The van der Waals surface area contributed by atoms with Gasteiger partial charge in [0.15, 0.2) is 0 Å². The Morgan fingerprint density at radius 1 is 1.07 bits per heavy atom. The summed E-state index contributed by atoms with van der Waals surface area (Å²) in [7, 11) is 0. The summed E-state index contributed by atoms with van der Waals surface area (Å²) in [5, 5.41) is 10.2. The first-order valence-corrected chi connectivity index (χ1v) is 6.00. The molecule has 14 heavy (non-hydrogen) atoms. The number of allylic oxidation sites excluding steroid dienone is 1. The zero-order chi connectivity index (χ0) is 10.6. The van der Waals surface area contributed by atoms with Gasteiger partial charge in [-0.2, -0.15) is 0 Å². The molecule has 1 heteroatoms. The first-order chi connectivity index (χ1) is 6.81. The summed E-state index contributed by atoms with van der Waals surface area (Å²) in [6.07, 6.45) is 11.6. The molecule has 0 aromatic heterocycles. The van der Waals surface area contributed by atoms with Crippen molar-refractivity contribution in [1.29, 1.82) is 0 Å². The average Bonchev–Trinajstić information content (AvgIpc) is 2.19. The molecular weight excluding hydrogens is 172 g/mol. The van der Waals surface area contributed by atoms with Gasteiger partial charge in [-0.25, -0.2) is 5.11 Å². The Morgan fingerprint density at radius 2 is 1.71 bits per heavy atom. The van der Waals surface area contributed by atoms with E-state index >= 15 is 0 Å². The van der Waals surface area contributed by atoms with Gasteiger partial charge in [-0.1, -0.05) is 45.1 Å². The van der Waals surface area contributed by atoms with Gasteiger partial charge in [-0.3, -0.25) is 0 Å². The molecule has 0 rings (SSSR count). The molecule has 0 aromatic carbocycles. The van der Waals surface area contributed by atoms with E-state index in [2.05, 4.69) is 13.5 Å². The highest BCUT2D eigenvalue weighted by molar-refractivity contribution is 4.66. The molecule has 0 amide bonds. The molecule has 0 heterocycles. The second-order valence-electron chi connectivity index (χ2n) is 4.23. The van der Waals surface area contributed by atoms with Crippen LogP contribution in [0.4, 0.5) is 0 Å². The van der Waals surface area contributed by atoms with Gasteiger partial charge in [0, 0.05) is 0 Å². The maximum Gasteiger partial charge on any atom is 0.0822 e. The standard InChI is InChI=1S/C13H25O/c1-3-4-5-7-10-13(2)11-8-6-9-12-14/h3,13H,1,4-12H2,2H3. The Balaban J connectivity index is 3.10. The fourth-order valence-corrected chi connectivity index (χ4v) is 1.70. The van der Waals surface area contributed by atoms with E-state index in [1.165, 1.54) is 32.1 Å². The van der Waals surface area contributed by atoms with Crippen LogP contribution in [0.3, 0.4) is 0 Å². The van der Waals surface area contributed by atoms with Crippen molar-refractivity contribution in [2.45, 2.75) is 58.3 Å². The van der Waals surface area contributed by atoms with Crippen molar-refractivity contribution in [3.63, 3.8) is 0 Å². The minimum atomic E-state index is 0.105. The lowest BCUT2D eigenvalue weighted by atomic mass is 9.97. The summed E-state index contributed by atoms with van der Waals surface area (Å²) in [5.74, 6) is 0.839. The lowest BCUT2D eigenvalue weighted by Crippen LogP contribution is -1.95. The second-order valence-corrected chi connectivity index (χ2v) is 4.23. The van der Waals surface area contributed by atoms with Crippen molar-refractivity contribution in [1.82, 2.24) is 0 Å². The Bertz CT molecular complexity index is 120. The zero-order valence-electron chi connectivity index (χ0n) is 9.63. The quantitative estimate of drug-likeness (QED) is 0.366. The predicted octanol–water partition coefficient (Wildman–Crippen LogP) is 4.36. The van der Waals surface area contributed by atoms with Gasteiger partial charge in [0.25, 0.3) is 0 Å². The van der Waals surface area contributed by atoms with E-state index in [0.717, 1.165) is 25.2 Å². The van der Waals surface area contributed by atoms with E-state index in [4.69, 9.17) is 0 Å². The molecule has 1 nitrogen and oxygen atoms in total. The van der Waals surface area contributed by atoms with Crippen molar-refractivity contribution in [2.75, 3.05) is 6.61 Å². The molecule has 0 spiro atoms. The number of hydrogen-bond acceptors (Lipinski definition) is 0. The molecule has 1 atom stereocenters. The smallest absolute Gasteiger partial charge is 0.0822 e. The summed E-state index contributed by atoms with van der Waals surface area (Å²) in [4.78, 5) is 0. The van der Waals surface area contributed by atoms with Crippen molar-refractivity contribution in [2.24, 2.45) is 5.92 Å². The summed E-state index contributed by atoms with van der Waals surface area (Å²) in [5.41, 5.74) is 0. The highest BCUT2D eigenvalue weighted by Gasteiger charge is 2.01. The monoisotopic (exact) mass is 197 g/mol. The Morgan fingerprint density at radius 3 is 2.29 bits per heavy atom. The highest BCUT2D eigenvalue weighted by atomic mass is 16.2. The van der Waals surface area contributed by atoms with Gasteiger partial charge in [-0.15, -0.1) is 6.58 Å². The predicted molar refractivity (Wildman–Crippen MR) is 61.9 cm³/mol. The van der Waals surface area contributed by atoms with Crippen molar-refractivity contribution < 1.29 is 5.11 Å². The van der Waals surface area contributed by atoms with Crippen molar-refractivity contribution in [3.8, 4) is 0 Å². The maximum absolute atomic E-state index is 10.2. The Labute approximate surface area is 89.2 Å². The fourth-order valence-electron chi connectivity index (χ4n) is 1.70. The summed E-state index contributed by atoms with van der Waals surface area (Å²) in [6, 6.07) is 0. The summed E-state index contributed by atoms with van der Waals surface area (Å²) in [6.45, 7) is 6.15. The van der Waals surface area contributed by atoms with E-state index in [1.54, 1.807) is 0 Å². The minimum Gasteiger partial charge on any atom is -0.237 e. The molecule has 0 fully saturated rings. The molecule has 0 saturated heterocycles. The summed E-state index contributed by atoms with van der Waals surface area (Å²) >= 11 is 0. The van der Waals surface area contributed by atoms with Gasteiger partial charge in [-0.05, 0) is 25.2 Å². The third kappa shape index (κ3) is 9.79. The SMILES string of the molecule is C=CCCCCC(C)CCCCC[O]. The first-order valence-electron chi connectivity index (χ1n) is 6.00. The molecule has 0 saturated carbocycles. The molecule has 0 aliphatic rings. The van der Waals surface area contributed by atoms with E-state index in [0.29, 0.717) is 0 Å². The minimum absolute atomic E-state index is 0.105. The fraction of sp³-hybridized carbons (Fsp3) is 0.846. The van der Waals surface area contributed by atoms with E-state index in [-0.39, 0.29) is 6.61 Å². The average molecular weight is 197 g/mol. The van der Waals surface area contributed by atoms with Crippen LogP contribution in [0, 0.1) is 5.92 Å². The van der Waals surface area contributed by atoms with Crippen LogP contribution < -0.4 is 0 Å². The molecular formula is C13H25O. The maximum atomic E-state index is 10.2. The first kappa shape index (κ1) is 13.7. The van der Waals surface area contributed by atoms with Crippen LogP contribution in [0.1, 0.15) is 58.3 Å². The molecule has 0 N–H and O–H groups in total. The second kappa shape index (κ2) is 10.8. The van der Waals surface area contributed by atoms with Gasteiger partial charge in [0.05, 0.1) is 6.61 Å². The normalized spacial score (nSPS) is 12.7. The van der Waals surface area contributed by atoms with E-state index in [1.807, 2.05) is 6.08 Å². The van der Waals surface area contributed by atoms with Gasteiger partial charge < -0.3 is 0 Å². The third-order valence-corrected chi connectivity index (χ3v) is 2.70. The van der Waals surface area contributed by atoms with Crippen molar-refractivity contribution >= 4 is 0 Å². The van der Waals surface area contributed by atoms with Gasteiger partial charge in [0.1, 0.15) is 0 Å².